The lowest BCUT2D eigenvalue weighted by molar-refractivity contribution is 0.447. The lowest BCUT2D eigenvalue weighted by atomic mass is 10.0. The molecule has 2 rings (SSSR count). The van der Waals surface area contributed by atoms with Crippen molar-refractivity contribution >= 4 is 25.5 Å². The molecule has 0 aromatic heterocycles. The Morgan fingerprint density at radius 3 is 2.23 bits per heavy atom. The van der Waals surface area contributed by atoms with Crippen molar-refractivity contribution in [2.45, 2.75) is 29.9 Å². The van der Waals surface area contributed by atoms with Crippen LogP contribution < -0.4 is 5.73 Å². The molecule has 2 N–H and O–H groups in total. The summed E-state index contributed by atoms with van der Waals surface area (Å²) in [4.78, 5) is 0.197. The van der Waals surface area contributed by atoms with E-state index in [2.05, 4.69) is 0 Å². The van der Waals surface area contributed by atoms with Gasteiger partial charge < -0.3 is 5.73 Å². The van der Waals surface area contributed by atoms with Crippen molar-refractivity contribution in [3.8, 4) is 0 Å². The molecule has 1 aliphatic heterocycles. The molecule has 2 atom stereocenters. The van der Waals surface area contributed by atoms with Gasteiger partial charge in [0.15, 0.2) is 9.84 Å². The third-order valence-electron chi connectivity index (χ3n) is 4.08. The highest BCUT2D eigenvalue weighted by atomic mass is 32.2. The summed E-state index contributed by atoms with van der Waals surface area (Å²) in [5.41, 5.74) is 6.09. The number of benzene rings is 1. The smallest absolute Gasteiger partial charge is 0.211 e. The van der Waals surface area contributed by atoms with Gasteiger partial charge in [0.1, 0.15) is 0 Å². The highest BCUT2D eigenvalue weighted by Gasteiger charge is 2.44. The monoisotopic (exact) mass is 346 g/mol. The quantitative estimate of drug-likeness (QED) is 0.805. The first-order valence-electron chi connectivity index (χ1n) is 7.20. The molecule has 1 fully saturated rings. The molecule has 8 heteroatoms. The summed E-state index contributed by atoms with van der Waals surface area (Å²) < 4.78 is 50.5. The first kappa shape index (κ1) is 17.2. The van der Waals surface area contributed by atoms with E-state index in [0.717, 1.165) is 12.7 Å². The SMILES string of the molecule is CCC[C@@H]1CN(S(C)(=O)=O)CC1S(=O)(=O)c1ccc(N)cc1. The van der Waals surface area contributed by atoms with Gasteiger partial charge in [-0.1, -0.05) is 13.3 Å². The van der Waals surface area contributed by atoms with Gasteiger partial charge in [0.05, 0.1) is 16.4 Å². The Bertz CT molecular complexity index is 727. The Morgan fingerprint density at radius 2 is 1.73 bits per heavy atom. The van der Waals surface area contributed by atoms with E-state index in [4.69, 9.17) is 5.73 Å². The zero-order valence-electron chi connectivity index (χ0n) is 12.8. The minimum absolute atomic E-state index is 0.0240. The Balaban J connectivity index is 2.37. The molecule has 1 aliphatic rings. The van der Waals surface area contributed by atoms with Crippen molar-refractivity contribution in [1.82, 2.24) is 4.31 Å². The fourth-order valence-electron chi connectivity index (χ4n) is 2.91. The number of rotatable bonds is 5. The molecule has 124 valence electrons. The maximum Gasteiger partial charge on any atom is 0.211 e. The fraction of sp³-hybridized carbons (Fsp3) is 0.571. The Kier molecular flexibility index (Phi) is 4.84. The minimum atomic E-state index is -3.58. The van der Waals surface area contributed by atoms with Gasteiger partial charge in [-0.15, -0.1) is 0 Å². The van der Waals surface area contributed by atoms with Crippen LogP contribution in [-0.4, -0.2) is 45.7 Å². The molecule has 0 radical (unpaired) electrons. The maximum absolute atomic E-state index is 12.8. The first-order valence-corrected chi connectivity index (χ1v) is 10.6. The summed E-state index contributed by atoms with van der Waals surface area (Å²) in [6.45, 7) is 2.26. The van der Waals surface area contributed by atoms with E-state index >= 15 is 0 Å². The molecule has 0 saturated carbocycles. The van der Waals surface area contributed by atoms with Crippen molar-refractivity contribution in [1.29, 1.82) is 0 Å². The third kappa shape index (κ3) is 3.44. The average Bonchev–Trinajstić information content (AvgIpc) is 2.84. The van der Waals surface area contributed by atoms with Crippen molar-refractivity contribution in [3.63, 3.8) is 0 Å². The molecule has 1 heterocycles. The van der Waals surface area contributed by atoms with E-state index in [1.165, 1.54) is 16.4 Å². The number of anilines is 1. The number of sulfone groups is 1. The molecule has 0 aliphatic carbocycles. The van der Waals surface area contributed by atoms with Crippen molar-refractivity contribution in [2.24, 2.45) is 5.92 Å². The van der Waals surface area contributed by atoms with Crippen LogP contribution in [0.5, 0.6) is 0 Å². The van der Waals surface area contributed by atoms with Crippen LogP contribution in [0.4, 0.5) is 5.69 Å². The van der Waals surface area contributed by atoms with Crippen LogP contribution in [0.1, 0.15) is 19.8 Å². The molecular weight excluding hydrogens is 324 g/mol. The van der Waals surface area contributed by atoms with Crippen molar-refractivity contribution in [3.05, 3.63) is 24.3 Å². The predicted molar refractivity (Wildman–Crippen MR) is 86.6 cm³/mol. The van der Waals surface area contributed by atoms with E-state index in [1.54, 1.807) is 12.1 Å². The Labute approximate surface area is 132 Å². The van der Waals surface area contributed by atoms with Crippen LogP contribution in [0.15, 0.2) is 29.2 Å². The predicted octanol–water partition coefficient (Wildman–Crippen LogP) is 1.10. The summed E-state index contributed by atoms with van der Waals surface area (Å²) in [7, 11) is -6.97. The first-order chi connectivity index (χ1) is 10.2. The number of hydrogen-bond acceptors (Lipinski definition) is 5. The summed E-state index contributed by atoms with van der Waals surface area (Å²) in [6, 6.07) is 6.06. The molecular formula is C14H22N2O4S2. The van der Waals surface area contributed by atoms with Gasteiger partial charge in [0.25, 0.3) is 0 Å². The zero-order chi connectivity index (χ0) is 16.5. The average molecular weight is 346 g/mol. The van der Waals surface area contributed by atoms with Crippen LogP contribution in [0, 0.1) is 5.92 Å². The van der Waals surface area contributed by atoms with Crippen LogP contribution in [-0.2, 0) is 19.9 Å². The molecule has 0 bridgehead atoms. The topological polar surface area (TPSA) is 97.5 Å². The Morgan fingerprint density at radius 1 is 1.14 bits per heavy atom. The van der Waals surface area contributed by atoms with Gasteiger partial charge >= 0.3 is 0 Å². The second-order valence-corrected chi connectivity index (χ2v) is 9.93. The van der Waals surface area contributed by atoms with Crippen LogP contribution in [0.25, 0.3) is 0 Å². The van der Waals surface area contributed by atoms with Gasteiger partial charge in [-0.3, -0.25) is 0 Å². The largest absolute Gasteiger partial charge is 0.399 e. The van der Waals surface area contributed by atoms with Crippen LogP contribution in [0.2, 0.25) is 0 Å². The van der Waals surface area contributed by atoms with Gasteiger partial charge in [-0.2, -0.15) is 0 Å². The van der Waals surface area contributed by atoms with E-state index in [-0.39, 0.29) is 23.9 Å². The summed E-state index contributed by atoms with van der Waals surface area (Å²) in [5, 5.41) is -0.703. The van der Waals surface area contributed by atoms with Gasteiger partial charge in [0.2, 0.25) is 10.0 Å². The van der Waals surface area contributed by atoms with E-state index in [1.807, 2.05) is 6.92 Å². The highest BCUT2D eigenvalue weighted by Crippen LogP contribution is 2.32. The number of hydrogen-bond donors (Lipinski definition) is 1. The molecule has 0 spiro atoms. The standard InChI is InChI=1S/C14H22N2O4S2/c1-3-4-11-9-16(21(2,17)18)10-14(11)22(19,20)13-7-5-12(15)6-8-13/h5-8,11,14H,3-4,9-10,15H2,1-2H3/t11-,14?/m1/s1. The maximum atomic E-state index is 12.8. The van der Waals surface area contributed by atoms with E-state index in [9.17, 15) is 16.8 Å². The summed E-state index contributed by atoms with van der Waals surface area (Å²) in [6.07, 6.45) is 2.62. The van der Waals surface area contributed by atoms with Crippen LogP contribution >= 0.6 is 0 Å². The zero-order valence-corrected chi connectivity index (χ0v) is 14.4. The lowest BCUT2D eigenvalue weighted by Gasteiger charge is -2.18. The molecule has 0 amide bonds. The van der Waals surface area contributed by atoms with Gasteiger partial charge in [-0.25, -0.2) is 21.1 Å². The third-order valence-corrected chi connectivity index (χ3v) is 7.58. The van der Waals surface area contributed by atoms with Gasteiger partial charge in [-0.05, 0) is 36.6 Å². The van der Waals surface area contributed by atoms with Gasteiger partial charge in [0, 0.05) is 18.8 Å². The summed E-state index contributed by atoms with van der Waals surface area (Å²) >= 11 is 0. The fourth-order valence-corrected chi connectivity index (χ4v) is 5.86. The molecule has 1 saturated heterocycles. The molecule has 1 aromatic carbocycles. The minimum Gasteiger partial charge on any atom is -0.399 e. The van der Waals surface area contributed by atoms with Crippen LogP contribution in [0.3, 0.4) is 0 Å². The highest BCUT2D eigenvalue weighted by molar-refractivity contribution is 7.92. The lowest BCUT2D eigenvalue weighted by Crippen LogP contribution is -2.31. The second-order valence-electron chi connectivity index (χ2n) is 5.78. The number of nitrogens with zero attached hydrogens (tertiary/aromatic N) is 1. The number of nitrogen functional groups attached to an aromatic ring is 1. The number of nitrogens with two attached hydrogens (primary N) is 1. The number of sulfonamides is 1. The molecule has 22 heavy (non-hydrogen) atoms. The molecule has 1 unspecified atom stereocenters. The van der Waals surface area contributed by atoms with Crippen molar-refractivity contribution in [2.75, 3.05) is 25.1 Å². The Hall–Kier alpha value is -1.12. The normalized spacial score (nSPS) is 23.7. The van der Waals surface area contributed by atoms with Crippen molar-refractivity contribution < 1.29 is 16.8 Å². The second kappa shape index (κ2) is 6.17. The molecule has 1 aromatic rings. The van der Waals surface area contributed by atoms with E-state index < -0.39 is 25.1 Å². The molecule has 6 nitrogen and oxygen atoms in total. The summed E-state index contributed by atoms with van der Waals surface area (Å²) in [5.74, 6) is -0.178. The van der Waals surface area contributed by atoms with E-state index in [0.29, 0.717) is 12.1 Å².